The molecule has 1 fully saturated rings. The second kappa shape index (κ2) is 4.26. The van der Waals surface area contributed by atoms with E-state index in [1.807, 2.05) is 0 Å². The maximum absolute atomic E-state index is 9.65. The fourth-order valence-electron chi connectivity index (χ4n) is 3.49. The highest BCUT2D eigenvalue weighted by Crippen LogP contribution is 2.46. The Kier molecular flexibility index (Phi) is 3.63. The molecule has 0 spiro atoms. The van der Waals surface area contributed by atoms with Gasteiger partial charge in [-0.2, -0.15) is 5.26 Å². The van der Waals surface area contributed by atoms with Crippen molar-refractivity contribution in [3.63, 3.8) is 0 Å². The lowest BCUT2D eigenvalue weighted by atomic mass is 9.64. The molecular formula is C14H27N3. The van der Waals surface area contributed by atoms with Crippen molar-refractivity contribution in [2.24, 2.45) is 17.2 Å². The van der Waals surface area contributed by atoms with Gasteiger partial charge in [0.2, 0.25) is 0 Å². The van der Waals surface area contributed by atoms with Gasteiger partial charge in [-0.1, -0.05) is 20.8 Å². The average Bonchev–Trinajstić information content (AvgIpc) is 2.11. The molecule has 2 N–H and O–H groups in total. The third-order valence-corrected chi connectivity index (χ3v) is 3.75. The van der Waals surface area contributed by atoms with E-state index in [0.717, 1.165) is 12.8 Å². The van der Waals surface area contributed by atoms with Crippen LogP contribution in [0.3, 0.4) is 0 Å². The van der Waals surface area contributed by atoms with Crippen molar-refractivity contribution in [3.05, 3.63) is 0 Å². The lowest BCUT2D eigenvalue weighted by Crippen LogP contribution is -2.63. The predicted molar refractivity (Wildman–Crippen MR) is 70.9 cm³/mol. The van der Waals surface area contributed by atoms with E-state index in [0.29, 0.717) is 5.92 Å². The van der Waals surface area contributed by atoms with E-state index in [2.05, 4.69) is 47.6 Å². The molecule has 0 saturated heterocycles. The van der Waals surface area contributed by atoms with Gasteiger partial charge in [-0.05, 0) is 51.4 Å². The Balaban J connectivity index is 3.08. The smallest absolute Gasteiger partial charge is 0.123 e. The Morgan fingerprint density at radius 3 is 2.18 bits per heavy atom. The molecule has 98 valence electrons. The minimum absolute atomic E-state index is 0.178. The van der Waals surface area contributed by atoms with E-state index in [9.17, 15) is 5.26 Å². The number of nitrogens with zero attached hydrogens (tertiary/aromatic N) is 2. The van der Waals surface area contributed by atoms with Crippen LogP contribution in [0.25, 0.3) is 0 Å². The largest absolute Gasteiger partial charge is 0.267 e. The maximum atomic E-state index is 9.65. The Labute approximate surface area is 106 Å². The highest BCUT2D eigenvalue weighted by molar-refractivity contribution is 5.14. The molecule has 2 atom stereocenters. The Morgan fingerprint density at radius 1 is 1.29 bits per heavy atom. The van der Waals surface area contributed by atoms with Gasteiger partial charge in [0.05, 0.1) is 6.07 Å². The van der Waals surface area contributed by atoms with Crippen LogP contribution >= 0.6 is 0 Å². The summed E-state index contributed by atoms with van der Waals surface area (Å²) in [6.07, 6.45) is 2.91. The number of hydrazine groups is 1. The van der Waals surface area contributed by atoms with Crippen molar-refractivity contribution < 1.29 is 0 Å². The number of hydrogen-bond acceptors (Lipinski definition) is 3. The van der Waals surface area contributed by atoms with Crippen molar-refractivity contribution in [1.82, 2.24) is 5.01 Å². The van der Waals surface area contributed by atoms with Crippen molar-refractivity contribution in [1.29, 1.82) is 5.26 Å². The van der Waals surface area contributed by atoms with E-state index < -0.39 is 5.54 Å². The standard InChI is InChI=1S/C14H27N3/c1-11-7-13(5,6)9-14(8-11,10-15)17(16)12(2,3)4/h11H,7-9,16H2,1-6H3. The average molecular weight is 237 g/mol. The van der Waals surface area contributed by atoms with Gasteiger partial charge >= 0.3 is 0 Å². The minimum Gasteiger partial charge on any atom is -0.267 e. The molecule has 0 heterocycles. The molecule has 0 aromatic rings. The molecule has 3 nitrogen and oxygen atoms in total. The van der Waals surface area contributed by atoms with Crippen LogP contribution in [0.15, 0.2) is 0 Å². The van der Waals surface area contributed by atoms with Crippen LogP contribution in [0.5, 0.6) is 0 Å². The zero-order valence-corrected chi connectivity index (χ0v) is 12.2. The molecule has 3 heteroatoms. The van der Waals surface area contributed by atoms with Crippen molar-refractivity contribution in [2.75, 3.05) is 0 Å². The first-order chi connectivity index (χ1) is 7.52. The van der Waals surface area contributed by atoms with Crippen LogP contribution in [-0.2, 0) is 0 Å². The van der Waals surface area contributed by atoms with Crippen LogP contribution in [0.1, 0.15) is 60.8 Å². The molecule has 1 rings (SSSR count). The molecule has 0 aromatic heterocycles. The first-order valence-electron chi connectivity index (χ1n) is 6.49. The molecule has 2 unspecified atom stereocenters. The molecule has 0 aliphatic heterocycles. The molecule has 0 amide bonds. The number of nitrogens with two attached hydrogens (primary N) is 1. The summed E-state index contributed by atoms with van der Waals surface area (Å²) in [6.45, 7) is 12.9. The summed E-state index contributed by atoms with van der Waals surface area (Å²) in [5.74, 6) is 6.81. The Morgan fingerprint density at radius 2 is 1.82 bits per heavy atom. The number of hydrogen-bond donors (Lipinski definition) is 1. The van der Waals surface area contributed by atoms with Crippen molar-refractivity contribution in [3.8, 4) is 6.07 Å². The molecule has 0 aromatic carbocycles. The Bertz CT molecular complexity index is 321. The van der Waals surface area contributed by atoms with E-state index in [1.54, 1.807) is 5.01 Å². The minimum atomic E-state index is -0.514. The summed E-state index contributed by atoms with van der Waals surface area (Å²) < 4.78 is 0. The summed E-state index contributed by atoms with van der Waals surface area (Å²) in [5.41, 5.74) is -0.501. The molecule has 17 heavy (non-hydrogen) atoms. The van der Waals surface area contributed by atoms with E-state index >= 15 is 0 Å². The van der Waals surface area contributed by atoms with Crippen LogP contribution in [-0.4, -0.2) is 16.1 Å². The third kappa shape index (κ3) is 3.00. The molecule has 1 saturated carbocycles. The third-order valence-electron chi connectivity index (χ3n) is 3.75. The number of rotatable bonds is 1. The van der Waals surface area contributed by atoms with Gasteiger partial charge in [-0.3, -0.25) is 5.84 Å². The fraction of sp³-hybridized carbons (Fsp3) is 0.929. The quantitative estimate of drug-likeness (QED) is 0.563. The highest BCUT2D eigenvalue weighted by atomic mass is 15.5. The summed E-state index contributed by atoms with van der Waals surface area (Å²) in [4.78, 5) is 0. The monoisotopic (exact) mass is 237 g/mol. The zero-order chi connectivity index (χ0) is 13.5. The summed E-state index contributed by atoms with van der Waals surface area (Å²) in [7, 11) is 0. The highest BCUT2D eigenvalue weighted by Gasteiger charge is 2.49. The van der Waals surface area contributed by atoms with Crippen molar-refractivity contribution >= 4 is 0 Å². The lowest BCUT2D eigenvalue weighted by Gasteiger charge is -2.51. The van der Waals surface area contributed by atoms with E-state index in [4.69, 9.17) is 5.84 Å². The SMILES string of the molecule is CC1CC(C)(C)CC(C#N)(N(N)C(C)(C)C)C1. The van der Waals surface area contributed by atoms with Gasteiger partial charge in [0, 0.05) is 5.54 Å². The summed E-state index contributed by atoms with van der Waals surface area (Å²) in [6, 6.07) is 2.51. The van der Waals surface area contributed by atoms with Gasteiger partial charge in [-0.25, -0.2) is 5.01 Å². The van der Waals surface area contributed by atoms with Crippen LogP contribution in [0.4, 0.5) is 0 Å². The van der Waals surface area contributed by atoms with E-state index in [-0.39, 0.29) is 11.0 Å². The first kappa shape index (κ1) is 14.5. The van der Waals surface area contributed by atoms with Gasteiger partial charge in [0.15, 0.2) is 0 Å². The van der Waals surface area contributed by atoms with Crippen molar-refractivity contribution in [2.45, 2.75) is 71.9 Å². The Hall–Kier alpha value is -0.590. The van der Waals surface area contributed by atoms with Crippen LogP contribution < -0.4 is 5.84 Å². The normalized spacial score (nSPS) is 33.5. The molecular weight excluding hydrogens is 210 g/mol. The number of nitriles is 1. The van der Waals surface area contributed by atoms with Crippen LogP contribution in [0.2, 0.25) is 0 Å². The van der Waals surface area contributed by atoms with Gasteiger partial charge in [0.25, 0.3) is 0 Å². The molecule has 0 radical (unpaired) electrons. The molecule has 1 aliphatic rings. The summed E-state index contributed by atoms with van der Waals surface area (Å²) in [5, 5.41) is 11.4. The van der Waals surface area contributed by atoms with Gasteiger partial charge in [-0.15, -0.1) is 0 Å². The van der Waals surface area contributed by atoms with E-state index in [1.165, 1.54) is 6.42 Å². The lowest BCUT2D eigenvalue weighted by molar-refractivity contribution is -0.0320. The van der Waals surface area contributed by atoms with Gasteiger partial charge in [0.1, 0.15) is 5.54 Å². The summed E-state index contributed by atoms with van der Waals surface area (Å²) >= 11 is 0. The second-order valence-corrected chi connectivity index (χ2v) is 7.54. The molecule has 1 aliphatic carbocycles. The maximum Gasteiger partial charge on any atom is 0.123 e. The zero-order valence-electron chi connectivity index (χ0n) is 12.2. The van der Waals surface area contributed by atoms with Crippen LogP contribution in [0, 0.1) is 22.7 Å². The first-order valence-corrected chi connectivity index (χ1v) is 6.49. The molecule has 0 bridgehead atoms. The topological polar surface area (TPSA) is 53.0 Å². The predicted octanol–water partition coefficient (Wildman–Crippen LogP) is 3.07. The fourth-order valence-corrected chi connectivity index (χ4v) is 3.49. The second-order valence-electron chi connectivity index (χ2n) is 7.54. The van der Waals surface area contributed by atoms with Gasteiger partial charge < -0.3 is 0 Å².